The highest BCUT2D eigenvalue weighted by Crippen LogP contribution is 2.29. The van der Waals surface area contributed by atoms with E-state index in [9.17, 15) is 0 Å². The Kier molecular flexibility index (Phi) is 3.89. The second kappa shape index (κ2) is 5.43. The molecule has 2 heteroatoms. The van der Waals surface area contributed by atoms with Gasteiger partial charge in [0.2, 0.25) is 0 Å². The van der Waals surface area contributed by atoms with Gasteiger partial charge in [-0.3, -0.25) is 4.98 Å². The molecule has 0 radical (unpaired) electrons. The first kappa shape index (κ1) is 13.6. The maximum atomic E-state index is 4.42. The molecule has 1 aromatic carbocycles. The monoisotopic (exact) mass is 254 g/mol. The van der Waals surface area contributed by atoms with E-state index in [1.54, 1.807) is 0 Å². The molecular formula is C17H22N2. The van der Waals surface area contributed by atoms with Crippen LogP contribution in [0.5, 0.6) is 0 Å². The van der Waals surface area contributed by atoms with Gasteiger partial charge in [-0.25, -0.2) is 0 Å². The van der Waals surface area contributed by atoms with Gasteiger partial charge in [0.05, 0.1) is 12.2 Å². The topological polar surface area (TPSA) is 24.9 Å². The van der Waals surface area contributed by atoms with Crippen LogP contribution in [0.25, 0.3) is 0 Å². The molecule has 2 aromatic rings. The largest absolute Gasteiger partial charge is 0.379 e. The zero-order valence-electron chi connectivity index (χ0n) is 12.2. The fourth-order valence-electron chi connectivity index (χ4n) is 2.08. The molecule has 2 rings (SSSR count). The van der Waals surface area contributed by atoms with Gasteiger partial charge in [-0.05, 0) is 35.6 Å². The normalized spacial score (nSPS) is 11.4. The number of nitrogens with zero attached hydrogens (tertiary/aromatic N) is 1. The molecule has 0 saturated heterocycles. The number of benzene rings is 1. The summed E-state index contributed by atoms with van der Waals surface area (Å²) in [5.41, 5.74) is 4.93. The van der Waals surface area contributed by atoms with Crippen LogP contribution in [0.1, 0.15) is 37.6 Å². The van der Waals surface area contributed by atoms with Crippen molar-refractivity contribution in [1.82, 2.24) is 4.98 Å². The molecule has 1 heterocycles. The molecule has 0 aliphatic rings. The lowest BCUT2D eigenvalue weighted by atomic mass is 9.86. The number of anilines is 1. The number of pyridine rings is 1. The van der Waals surface area contributed by atoms with Crippen molar-refractivity contribution in [1.29, 1.82) is 0 Å². The van der Waals surface area contributed by atoms with Crippen LogP contribution in [-0.2, 0) is 12.0 Å². The quantitative estimate of drug-likeness (QED) is 0.883. The van der Waals surface area contributed by atoms with E-state index in [1.165, 1.54) is 16.8 Å². The van der Waals surface area contributed by atoms with E-state index >= 15 is 0 Å². The van der Waals surface area contributed by atoms with Crippen molar-refractivity contribution in [2.24, 2.45) is 0 Å². The van der Waals surface area contributed by atoms with Crippen molar-refractivity contribution in [2.45, 2.75) is 39.7 Å². The zero-order chi connectivity index (χ0) is 13.9. The second-order valence-corrected chi connectivity index (χ2v) is 5.98. The summed E-state index contributed by atoms with van der Waals surface area (Å²) in [6.07, 6.45) is 1.91. The molecule has 1 aromatic heterocycles. The van der Waals surface area contributed by atoms with Gasteiger partial charge in [0.1, 0.15) is 0 Å². The van der Waals surface area contributed by atoms with Crippen LogP contribution in [0, 0.1) is 6.92 Å². The number of rotatable bonds is 3. The van der Waals surface area contributed by atoms with Crippen molar-refractivity contribution < 1.29 is 0 Å². The first-order valence-corrected chi connectivity index (χ1v) is 6.72. The van der Waals surface area contributed by atoms with E-state index in [1.807, 2.05) is 6.20 Å². The predicted octanol–water partition coefficient (Wildman–Crippen LogP) is 4.30. The van der Waals surface area contributed by atoms with Crippen LogP contribution >= 0.6 is 0 Å². The van der Waals surface area contributed by atoms with Crippen molar-refractivity contribution in [3.63, 3.8) is 0 Å². The minimum Gasteiger partial charge on any atom is -0.379 e. The lowest BCUT2D eigenvalue weighted by molar-refractivity contribution is 0.591. The number of aryl methyl sites for hydroxylation is 1. The van der Waals surface area contributed by atoms with Crippen LogP contribution in [0.4, 0.5) is 5.69 Å². The minimum absolute atomic E-state index is 0.143. The highest BCUT2D eigenvalue weighted by molar-refractivity contribution is 5.54. The van der Waals surface area contributed by atoms with Gasteiger partial charge in [-0.1, -0.05) is 45.0 Å². The third-order valence-electron chi connectivity index (χ3n) is 3.17. The highest BCUT2D eigenvalue weighted by Gasteiger charge is 2.17. The standard InChI is InChI=1S/C17H22N2/c1-13-9-10-14(18-11-13)12-19-16-8-6-5-7-15(16)17(2,3)4/h5-11,19H,12H2,1-4H3. The third kappa shape index (κ3) is 3.57. The van der Waals surface area contributed by atoms with Gasteiger partial charge in [0, 0.05) is 11.9 Å². The first-order chi connectivity index (χ1) is 8.97. The molecule has 0 spiro atoms. The van der Waals surface area contributed by atoms with Crippen LogP contribution in [0.3, 0.4) is 0 Å². The molecule has 100 valence electrons. The minimum atomic E-state index is 0.143. The highest BCUT2D eigenvalue weighted by atomic mass is 14.9. The van der Waals surface area contributed by atoms with Crippen molar-refractivity contribution >= 4 is 5.69 Å². The zero-order valence-corrected chi connectivity index (χ0v) is 12.2. The Hall–Kier alpha value is -1.83. The van der Waals surface area contributed by atoms with Gasteiger partial charge in [-0.2, -0.15) is 0 Å². The van der Waals surface area contributed by atoms with E-state index in [4.69, 9.17) is 0 Å². The lowest BCUT2D eigenvalue weighted by Gasteiger charge is -2.23. The second-order valence-electron chi connectivity index (χ2n) is 5.98. The summed E-state index contributed by atoms with van der Waals surface area (Å²) in [7, 11) is 0. The van der Waals surface area contributed by atoms with Crippen LogP contribution in [0.2, 0.25) is 0 Å². The lowest BCUT2D eigenvalue weighted by Crippen LogP contribution is -2.15. The molecule has 0 aliphatic carbocycles. The molecular weight excluding hydrogens is 232 g/mol. The summed E-state index contributed by atoms with van der Waals surface area (Å²) < 4.78 is 0. The summed E-state index contributed by atoms with van der Waals surface area (Å²) in [6.45, 7) is 9.51. The van der Waals surface area contributed by atoms with E-state index < -0.39 is 0 Å². The molecule has 0 atom stereocenters. The average molecular weight is 254 g/mol. The Morgan fingerprint density at radius 3 is 2.42 bits per heavy atom. The average Bonchev–Trinajstić information content (AvgIpc) is 2.37. The van der Waals surface area contributed by atoms with Crippen LogP contribution in [-0.4, -0.2) is 4.98 Å². The number of para-hydroxylation sites is 1. The number of aromatic nitrogens is 1. The summed E-state index contributed by atoms with van der Waals surface area (Å²) >= 11 is 0. The van der Waals surface area contributed by atoms with Gasteiger partial charge in [0.25, 0.3) is 0 Å². The molecule has 0 fully saturated rings. The molecule has 19 heavy (non-hydrogen) atoms. The fourth-order valence-corrected chi connectivity index (χ4v) is 2.08. The number of hydrogen-bond donors (Lipinski definition) is 1. The Morgan fingerprint density at radius 1 is 1.05 bits per heavy atom. The molecule has 0 aliphatic heterocycles. The SMILES string of the molecule is Cc1ccc(CNc2ccccc2C(C)(C)C)nc1. The summed E-state index contributed by atoms with van der Waals surface area (Å²) in [5.74, 6) is 0. The fraction of sp³-hybridized carbons (Fsp3) is 0.353. The Balaban J connectivity index is 2.14. The number of hydrogen-bond acceptors (Lipinski definition) is 2. The van der Waals surface area contributed by atoms with E-state index in [2.05, 4.69) is 74.4 Å². The first-order valence-electron chi connectivity index (χ1n) is 6.72. The van der Waals surface area contributed by atoms with E-state index in [0.717, 1.165) is 12.2 Å². The van der Waals surface area contributed by atoms with Crippen molar-refractivity contribution in [3.05, 3.63) is 59.4 Å². The predicted molar refractivity (Wildman–Crippen MR) is 81.4 cm³/mol. The number of nitrogens with one attached hydrogen (secondary N) is 1. The molecule has 0 amide bonds. The Labute approximate surface area is 115 Å². The molecule has 0 bridgehead atoms. The summed E-state index contributed by atoms with van der Waals surface area (Å²) in [5, 5.41) is 3.49. The van der Waals surface area contributed by atoms with Crippen LogP contribution in [0.15, 0.2) is 42.6 Å². The Morgan fingerprint density at radius 2 is 1.79 bits per heavy atom. The van der Waals surface area contributed by atoms with Crippen molar-refractivity contribution in [2.75, 3.05) is 5.32 Å². The maximum Gasteiger partial charge on any atom is 0.0594 e. The van der Waals surface area contributed by atoms with E-state index in [-0.39, 0.29) is 5.41 Å². The molecule has 0 saturated carbocycles. The maximum absolute atomic E-state index is 4.42. The molecule has 1 N–H and O–H groups in total. The van der Waals surface area contributed by atoms with Gasteiger partial charge >= 0.3 is 0 Å². The van der Waals surface area contributed by atoms with Crippen LogP contribution < -0.4 is 5.32 Å². The Bertz CT molecular complexity index is 536. The summed E-state index contributed by atoms with van der Waals surface area (Å²) in [4.78, 5) is 4.42. The molecule has 2 nitrogen and oxygen atoms in total. The third-order valence-corrected chi connectivity index (χ3v) is 3.17. The van der Waals surface area contributed by atoms with E-state index in [0.29, 0.717) is 0 Å². The van der Waals surface area contributed by atoms with Crippen molar-refractivity contribution in [3.8, 4) is 0 Å². The summed E-state index contributed by atoms with van der Waals surface area (Å²) in [6, 6.07) is 12.7. The molecule has 0 unspecified atom stereocenters. The van der Waals surface area contributed by atoms with Gasteiger partial charge < -0.3 is 5.32 Å². The van der Waals surface area contributed by atoms with Gasteiger partial charge in [0.15, 0.2) is 0 Å². The van der Waals surface area contributed by atoms with Gasteiger partial charge in [-0.15, -0.1) is 0 Å². The smallest absolute Gasteiger partial charge is 0.0594 e.